The van der Waals surface area contributed by atoms with E-state index < -0.39 is 15.6 Å². The van der Waals surface area contributed by atoms with Crippen LogP contribution in [0.4, 0.5) is 0 Å². The number of fused-ring (bicyclic) bond motifs is 1. The first-order valence-electron chi connectivity index (χ1n) is 11.2. The number of aromatic amines is 1. The largest absolute Gasteiger partial charge is 0.493 e. The van der Waals surface area contributed by atoms with Gasteiger partial charge in [-0.2, -0.15) is 8.82 Å². The Hall–Kier alpha value is -2.83. The number of hydrogen-bond donors (Lipinski definition) is 1. The molecule has 0 unspecified atom stereocenters. The summed E-state index contributed by atoms with van der Waals surface area (Å²) in [5.41, 5.74) is 0.0626. The van der Waals surface area contributed by atoms with Gasteiger partial charge in [-0.05, 0) is 38.0 Å². The SMILES string of the molecule is CCOc1ccc(S(=O)(=O)N2CCOCC2)cc1-c1nn2c(C3CCCC3)nnc2c(=O)[nH]1. The van der Waals surface area contributed by atoms with Crippen molar-refractivity contribution < 1.29 is 17.9 Å². The summed E-state index contributed by atoms with van der Waals surface area (Å²) < 4.78 is 40.3. The molecule has 11 nitrogen and oxygen atoms in total. The molecule has 0 atom stereocenters. The molecule has 33 heavy (non-hydrogen) atoms. The summed E-state index contributed by atoms with van der Waals surface area (Å²) in [4.78, 5) is 15.6. The minimum Gasteiger partial charge on any atom is -0.493 e. The number of H-pyrrole nitrogens is 1. The molecular formula is C21H26N6O5S. The van der Waals surface area contributed by atoms with Crippen LogP contribution in [0, 0.1) is 0 Å². The molecule has 1 saturated heterocycles. The van der Waals surface area contributed by atoms with Gasteiger partial charge < -0.3 is 14.5 Å². The second-order valence-corrected chi connectivity index (χ2v) is 10.1. The number of aromatic nitrogens is 5. The van der Waals surface area contributed by atoms with E-state index in [2.05, 4.69) is 20.3 Å². The van der Waals surface area contributed by atoms with Crippen LogP contribution in [0.1, 0.15) is 44.3 Å². The number of morpholine rings is 1. The fourth-order valence-corrected chi connectivity index (χ4v) is 5.89. The van der Waals surface area contributed by atoms with Gasteiger partial charge in [0, 0.05) is 19.0 Å². The van der Waals surface area contributed by atoms with E-state index in [1.165, 1.54) is 21.0 Å². The van der Waals surface area contributed by atoms with Crippen LogP contribution in [0.5, 0.6) is 5.75 Å². The Morgan fingerprint density at radius 1 is 1.18 bits per heavy atom. The number of rotatable bonds is 6. The molecule has 1 N–H and O–H groups in total. The lowest BCUT2D eigenvalue weighted by Gasteiger charge is -2.26. The Bertz CT molecular complexity index is 1320. The number of sulfonamides is 1. The number of nitrogens with zero attached hydrogens (tertiary/aromatic N) is 5. The molecule has 2 fully saturated rings. The third-order valence-corrected chi connectivity index (χ3v) is 8.03. The first kappa shape index (κ1) is 22.0. The molecule has 0 radical (unpaired) electrons. The molecule has 1 aromatic carbocycles. The predicted molar refractivity (Wildman–Crippen MR) is 119 cm³/mol. The number of nitrogens with one attached hydrogen (secondary N) is 1. The number of hydrogen-bond acceptors (Lipinski definition) is 8. The standard InChI is InChI=1S/C21H26N6O5S/c1-2-32-17-8-7-15(33(29,30)26-9-11-31-12-10-26)13-16(17)18-22-21(28)20-24-23-19(27(20)25-18)14-5-3-4-6-14/h7-8,13-14H,2-6,9-12H2,1H3,(H,22,25,28). The van der Waals surface area contributed by atoms with Crippen molar-refractivity contribution in [2.75, 3.05) is 32.9 Å². The van der Waals surface area contributed by atoms with E-state index in [1.807, 2.05) is 6.92 Å². The third kappa shape index (κ3) is 4.02. The van der Waals surface area contributed by atoms with Crippen molar-refractivity contribution in [3.63, 3.8) is 0 Å². The van der Waals surface area contributed by atoms with Gasteiger partial charge in [-0.3, -0.25) is 4.79 Å². The Morgan fingerprint density at radius 2 is 1.94 bits per heavy atom. The smallest absolute Gasteiger partial charge is 0.296 e. The van der Waals surface area contributed by atoms with Crippen molar-refractivity contribution >= 4 is 15.7 Å². The second-order valence-electron chi connectivity index (χ2n) is 8.19. The molecule has 1 aliphatic carbocycles. The summed E-state index contributed by atoms with van der Waals surface area (Å²) in [6, 6.07) is 4.61. The van der Waals surface area contributed by atoms with E-state index in [-0.39, 0.29) is 35.4 Å². The third-order valence-electron chi connectivity index (χ3n) is 6.13. The zero-order valence-corrected chi connectivity index (χ0v) is 19.2. The van der Waals surface area contributed by atoms with Gasteiger partial charge in [0.05, 0.1) is 30.3 Å². The minimum atomic E-state index is -3.74. The lowest BCUT2D eigenvalue weighted by molar-refractivity contribution is 0.0730. The molecule has 12 heteroatoms. The molecule has 0 amide bonds. The van der Waals surface area contributed by atoms with Gasteiger partial charge in [0.2, 0.25) is 15.7 Å². The zero-order chi connectivity index (χ0) is 23.0. The lowest BCUT2D eigenvalue weighted by atomic mass is 10.1. The van der Waals surface area contributed by atoms with Gasteiger partial charge >= 0.3 is 0 Å². The lowest BCUT2D eigenvalue weighted by Crippen LogP contribution is -2.40. The van der Waals surface area contributed by atoms with E-state index in [9.17, 15) is 13.2 Å². The highest BCUT2D eigenvalue weighted by atomic mass is 32.2. The van der Waals surface area contributed by atoms with Gasteiger partial charge in [-0.1, -0.05) is 12.8 Å². The van der Waals surface area contributed by atoms with Gasteiger partial charge in [-0.15, -0.1) is 15.3 Å². The first-order chi connectivity index (χ1) is 16.0. The average Bonchev–Trinajstić information content (AvgIpc) is 3.50. The molecule has 1 saturated carbocycles. The molecular weight excluding hydrogens is 448 g/mol. The van der Waals surface area contributed by atoms with Crippen molar-refractivity contribution in [3.05, 3.63) is 34.4 Å². The van der Waals surface area contributed by atoms with Crippen molar-refractivity contribution in [2.24, 2.45) is 0 Å². The maximum absolute atomic E-state index is 13.2. The Balaban J connectivity index is 1.63. The highest BCUT2D eigenvalue weighted by molar-refractivity contribution is 7.89. The van der Waals surface area contributed by atoms with Crippen molar-refractivity contribution in [1.29, 1.82) is 0 Å². The summed E-state index contributed by atoms with van der Waals surface area (Å²) >= 11 is 0. The average molecular weight is 475 g/mol. The van der Waals surface area contributed by atoms with Crippen LogP contribution in [0.3, 0.4) is 0 Å². The second kappa shape index (κ2) is 8.84. The number of benzene rings is 1. The Labute approximate surface area is 190 Å². The van der Waals surface area contributed by atoms with Crippen molar-refractivity contribution in [1.82, 2.24) is 29.1 Å². The maximum atomic E-state index is 13.2. The fourth-order valence-electron chi connectivity index (χ4n) is 4.45. The van der Waals surface area contributed by atoms with Gasteiger partial charge in [0.15, 0.2) is 11.6 Å². The molecule has 2 aromatic heterocycles. The quantitative estimate of drug-likeness (QED) is 0.569. The molecule has 5 rings (SSSR count). The molecule has 0 spiro atoms. The highest BCUT2D eigenvalue weighted by Gasteiger charge is 2.28. The van der Waals surface area contributed by atoms with Gasteiger partial charge in [-0.25, -0.2) is 8.42 Å². The Kier molecular flexibility index (Phi) is 5.89. The summed E-state index contributed by atoms with van der Waals surface area (Å²) in [5, 5.41) is 12.9. The van der Waals surface area contributed by atoms with Crippen LogP contribution in [0.25, 0.3) is 17.0 Å². The highest BCUT2D eigenvalue weighted by Crippen LogP contribution is 2.34. The molecule has 2 aliphatic rings. The van der Waals surface area contributed by atoms with Crippen molar-refractivity contribution in [2.45, 2.75) is 43.4 Å². The van der Waals surface area contributed by atoms with E-state index in [1.54, 1.807) is 6.07 Å². The number of ether oxygens (including phenoxy) is 2. The fraction of sp³-hybridized carbons (Fsp3) is 0.524. The van der Waals surface area contributed by atoms with E-state index in [0.717, 1.165) is 25.7 Å². The maximum Gasteiger partial charge on any atom is 0.296 e. The molecule has 3 aromatic rings. The molecule has 3 heterocycles. The van der Waals surface area contributed by atoms with E-state index >= 15 is 0 Å². The zero-order valence-electron chi connectivity index (χ0n) is 18.4. The van der Waals surface area contributed by atoms with Crippen LogP contribution in [-0.4, -0.2) is 70.4 Å². The summed E-state index contributed by atoms with van der Waals surface area (Å²) in [5.74, 6) is 1.48. The molecule has 176 valence electrons. The van der Waals surface area contributed by atoms with Crippen LogP contribution >= 0.6 is 0 Å². The van der Waals surface area contributed by atoms with E-state index in [4.69, 9.17) is 9.47 Å². The predicted octanol–water partition coefficient (Wildman–Crippen LogP) is 1.56. The molecule has 1 aliphatic heterocycles. The summed E-state index contributed by atoms with van der Waals surface area (Å²) in [6.07, 6.45) is 4.15. The first-order valence-corrected chi connectivity index (χ1v) is 12.6. The van der Waals surface area contributed by atoms with Crippen molar-refractivity contribution in [3.8, 4) is 17.1 Å². The van der Waals surface area contributed by atoms with E-state index in [0.29, 0.717) is 37.0 Å². The van der Waals surface area contributed by atoms with Crippen LogP contribution in [0.15, 0.2) is 27.9 Å². The normalized spacial score (nSPS) is 18.2. The summed E-state index contributed by atoms with van der Waals surface area (Å²) in [7, 11) is -3.74. The Morgan fingerprint density at radius 3 is 2.67 bits per heavy atom. The van der Waals surface area contributed by atoms with Crippen LogP contribution in [-0.2, 0) is 14.8 Å². The minimum absolute atomic E-state index is 0.102. The van der Waals surface area contributed by atoms with Crippen LogP contribution in [0.2, 0.25) is 0 Å². The monoisotopic (exact) mass is 474 g/mol. The van der Waals surface area contributed by atoms with Crippen LogP contribution < -0.4 is 10.3 Å². The van der Waals surface area contributed by atoms with Gasteiger partial charge in [0.25, 0.3) is 5.56 Å². The molecule has 0 bridgehead atoms. The van der Waals surface area contributed by atoms with Gasteiger partial charge in [0.1, 0.15) is 5.75 Å². The topological polar surface area (TPSA) is 132 Å². The summed E-state index contributed by atoms with van der Waals surface area (Å²) in [6.45, 7) is 3.49.